The number of carbonyl (C=O) groups is 2. The fourth-order valence-electron chi connectivity index (χ4n) is 2.54. The van der Waals surface area contributed by atoms with Crippen LogP contribution in [0.1, 0.15) is 25.2 Å². The number of benzene rings is 1. The maximum Gasteiger partial charge on any atom is 0.326 e. The predicted molar refractivity (Wildman–Crippen MR) is 106 cm³/mol. The Morgan fingerprint density at radius 1 is 1.31 bits per heavy atom. The third kappa shape index (κ3) is 3.59. The first-order valence-corrected chi connectivity index (χ1v) is 9.32. The van der Waals surface area contributed by atoms with Gasteiger partial charge in [-0.15, -0.1) is 0 Å². The van der Waals surface area contributed by atoms with E-state index < -0.39 is 17.9 Å². The summed E-state index contributed by atoms with van der Waals surface area (Å²) in [6.07, 6.45) is 2.57. The predicted octanol–water partition coefficient (Wildman–Crippen LogP) is 4.18. The minimum Gasteiger partial charge on any atom is -0.480 e. The smallest absolute Gasteiger partial charge is 0.326 e. The molecule has 0 bridgehead atoms. The van der Waals surface area contributed by atoms with Crippen LogP contribution >= 0.6 is 24.0 Å². The van der Waals surface area contributed by atoms with E-state index in [1.54, 1.807) is 12.1 Å². The van der Waals surface area contributed by atoms with Gasteiger partial charge in [0.2, 0.25) is 0 Å². The molecule has 0 aliphatic carbocycles. The van der Waals surface area contributed by atoms with E-state index in [4.69, 9.17) is 21.7 Å². The number of aryl methyl sites for hydroxylation is 1. The second-order valence-corrected chi connectivity index (χ2v) is 7.49. The van der Waals surface area contributed by atoms with Gasteiger partial charge >= 0.3 is 5.97 Å². The zero-order chi connectivity index (χ0) is 18.8. The summed E-state index contributed by atoms with van der Waals surface area (Å²) in [5, 5.41) is 9.12. The van der Waals surface area contributed by atoms with Crippen LogP contribution < -0.4 is 0 Å². The first-order chi connectivity index (χ1) is 12.4. The first kappa shape index (κ1) is 18.4. The van der Waals surface area contributed by atoms with E-state index in [2.05, 4.69) is 19.1 Å². The van der Waals surface area contributed by atoms with Crippen molar-refractivity contribution in [2.75, 3.05) is 0 Å². The van der Waals surface area contributed by atoms with Gasteiger partial charge < -0.3 is 9.52 Å². The number of thiocarbonyl (C=S) groups is 1. The van der Waals surface area contributed by atoms with Crippen molar-refractivity contribution < 1.29 is 19.1 Å². The highest BCUT2D eigenvalue weighted by molar-refractivity contribution is 8.26. The molecule has 1 fully saturated rings. The van der Waals surface area contributed by atoms with Crippen LogP contribution in [0.4, 0.5) is 0 Å². The summed E-state index contributed by atoms with van der Waals surface area (Å²) >= 11 is 6.22. The standard InChI is InChI=1S/C19H17NO4S2/c1-3-12-4-6-13(7-5-12)15-9-8-14(24-15)10-16-17(21)20(19(25)26-16)11(2)18(22)23/h4-11H,3H2,1-2H3,(H,22,23)/b16-10+/t11-/m0/s1. The quantitative estimate of drug-likeness (QED) is 0.613. The highest BCUT2D eigenvalue weighted by Gasteiger charge is 2.38. The highest BCUT2D eigenvalue weighted by Crippen LogP contribution is 2.34. The Labute approximate surface area is 160 Å². The molecule has 26 heavy (non-hydrogen) atoms. The maximum absolute atomic E-state index is 12.5. The van der Waals surface area contributed by atoms with E-state index in [1.807, 2.05) is 18.2 Å². The fourth-order valence-corrected chi connectivity index (χ4v) is 3.94. The normalized spacial score (nSPS) is 17.2. The number of amides is 1. The van der Waals surface area contributed by atoms with Gasteiger partial charge in [0.1, 0.15) is 21.9 Å². The summed E-state index contributed by atoms with van der Waals surface area (Å²) in [5.41, 5.74) is 2.20. The van der Waals surface area contributed by atoms with Gasteiger partial charge in [-0.3, -0.25) is 9.69 Å². The summed E-state index contributed by atoms with van der Waals surface area (Å²) in [6, 6.07) is 10.7. The number of hydrogen-bond acceptors (Lipinski definition) is 5. The van der Waals surface area contributed by atoms with Gasteiger partial charge in [0, 0.05) is 11.6 Å². The number of furan rings is 1. The van der Waals surface area contributed by atoms with Crippen LogP contribution in [0.2, 0.25) is 0 Å². The summed E-state index contributed by atoms with van der Waals surface area (Å²) in [4.78, 5) is 25.1. The highest BCUT2D eigenvalue weighted by atomic mass is 32.2. The van der Waals surface area contributed by atoms with E-state index in [-0.39, 0.29) is 4.32 Å². The van der Waals surface area contributed by atoms with Gasteiger partial charge in [-0.1, -0.05) is 55.2 Å². The topological polar surface area (TPSA) is 70.8 Å². The first-order valence-electron chi connectivity index (χ1n) is 8.09. The van der Waals surface area contributed by atoms with Crippen LogP contribution in [0, 0.1) is 0 Å². The summed E-state index contributed by atoms with van der Waals surface area (Å²) in [5.74, 6) is -0.296. The molecule has 0 radical (unpaired) electrons. The third-order valence-electron chi connectivity index (χ3n) is 4.12. The zero-order valence-corrected chi connectivity index (χ0v) is 15.9. The molecular weight excluding hydrogens is 370 g/mol. The molecule has 1 N–H and O–H groups in total. The van der Waals surface area contributed by atoms with Gasteiger partial charge in [0.15, 0.2) is 0 Å². The maximum atomic E-state index is 12.5. The van der Waals surface area contributed by atoms with E-state index in [0.717, 1.165) is 28.6 Å². The van der Waals surface area contributed by atoms with Crippen LogP contribution in [-0.2, 0) is 16.0 Å². The number of carboxylic acid groups (broad SMARTS) is 1. The summed E-state index contributed by atoms with van der Waals surface area (Å²) in [6.45, 7) is 3.53. The van der Waals surface area contributed by atoms with Crippen LogP contribution in [0.25, 0.3) is 17.4 Å². The molecule has 0 unspecified atom stereocenters. The Morgan fingerprint density at radius 2 is 2.00 bits per heavy atom. The van der Waals surface area contributed by atoms with E-state index in [9.17, 15) is 9.59 Å². The number of thioether (sulfide) groups is 1. The Balaban J connectivity index is 1.82. The average Bonchev–Trinajstić information content (AvgIpc) is 3.19. The molecule has 0 saturated carbocycles. The fraction of sp³-hybridized carbons (Fsp3) is 0.211. The van der Waals surface area contributed by atoms with Crippen molar-refractivity contribution in [2.24, 2.45) is 0 Å². The molecule has 2 heterocycles. The van der Waals surface area contributed by atoms with Crippen LogP contribution in [0.15, 0.2) is 45.7 Å². The van der Waals surface area contributed by atoms with Gasteiger partial charge in [-0.25, -0.2) is 4.79 Å². The number of carboxylic acids is 1. The van der Waals surface area contributed by atoms with Crippen molar-refractivity contribution in [1.82, 2.24) is 4.90 Å². The van der Waals surface area contributed by atoms with Gasteiger partial charge in [-0.05, 0) is 31.0 Å². The summed E-state index contributed by atoms with van der Waals surface area (Å²) in [7, 11) is 0. The molecule has 1 aromatic heterocycles. The Morgan fingerprint density at radius 3 is 2.62 bits per heavy atom. The molecule has 1 saturated heterocycles. The van der Waals surface area contributed by atoms with Crippen molar-refractivity contribution in [3.8, 4) is 11.3 Å². The van der Waals surface area contributed by atoms with Crippen molar-refractivity contribution in [3.05, 3.63) is 52.6 Å². The van der Waals surface area contributed by atoms with Crippen molar-refractivity contribution in [2.45, 2.75) is 26.3 Å². The lowest BCUT2D eigenvalue weighted by Gasteiger charge is -2.18. The van der Waals surface area contributed by atoms with Crippen LogP contribution in [-0.4, -0.2) is 32.2 Å². The van der Waals surface area contributed by atoms with E-state index >= 15 is 0 Å². The van der Waals surface area contributed by atoms with Crippen molar-refractivity contribution in [1.29, 1.82) is 0 Å². The molecule has 2 aromatic rings. The second-order valence-electron chi connectivity index (χ2n) is 5.82. The Kier molecular flexibility index (Phi) is 5.29. The molecule has 0 spiro atoms. The van der Waals surface area contributed by atoms with E-state index in [1.165, 1.54) is 12.5 Å². The van der Waals surface area contributed by atoms with Crippen molar-refractivity contribution >= 4 is 46.3 Å². The Hall–Kier alpha value is -2.38. The molecular formula is C19H17NO4S2. The molecule has 7 heteroatoms. The molecule has 134 valence electrons. The zero-order valence-electron chi connectivity index (χ0n) is 14.3. The second kappa shape index (κ2) is 7.47. The minimum atomic E-state index is -1.10. The third-order valence-corrected chi connectivity index (χ3v) is 5.45. The number of nitrogens with zero attached hydrogens (tertiary/aromatic N) is 1. The van der Waals surface area contributed by atoms with Crippen LogP contribution in [0.5, 0.6) is 0 Å². The minimum absolute atomic E-state index is 0.234. The van der Waals surface area contributed by atoms with Crippen molar-refractivity contribution in [3.63, 3.8) is 0 Å². The lowest BCUT2D eigenvalue weighted by Crippen LogP contribution is -2.41. The number of carbonyl (C=O) groups excluding carboxylic acids is 1. The number of rotatable bonds is 5. The lowest BCUT2D eigenvalue weighted by atomic mass is 10.1. The molecule has 1 atom stereocenters. The average molecular weight is 387 g/mol. The van der Waals surface area contributed by atoms with E-state index in [0.29, 0.717) is 16.4 Å². The molecule has 1 aliphatic heterocycles. The molecule has 1 aliphatic rings. The molecule has 3 rings (SSSR count). The largest absolute Gasteiger partial charge is 0.480 e. The van der Waals surface area contributed by atoms with Gasteiger partial charge in [0.05, 0.1) is 4.91 Å². The molecule has 1 amide bonds. The lowest BCUT2D eigenvalue weighted by molar-refractivity contribution is -0.144. The monoisotopic (exact) mass is 387 g/mol. The van der Waals surface area contributed by atoms with Crippen LogP contribution in [0.3, 0.4) is 0 Å². The Bertz CT molecular complexity index is 899. The SMILES string of the molecule is CCc1ccc(-c2ccc(/C=C3/SC(=S)N([C@@H](C)C(=O)O)C3=O)o2)cc1. The molecule has 1 aromatic carbocycles. The number of aliphatic carboxylic acids is 1. The molecule has 5 nitrogen and oxygen atoms in total. The van der Waals surface area contributed by atoms with Gasteiger partial charge in [-0.2, -0.15) is 0 Å². The summed E-state index contributed by atoms with van der Waals surface area (Å²) < 4.78 is 6.05. The van der Waals surface area contributed by atoms with Gasteiger partial charge in [0.25, 0.3) is 5.91 Å². The number of hydrogen-bond donors (Lipinski definition) is 1.